The van der Waals surface area contributed by atoms with Crippen molar-refractivity contribution in [2.75, 3.05) is 13.6 Å². The molecule has 0 unspecified atom stereocenters. The highest BCUT2D eigenvalue weighted by atomic mass is 16.4. The third-order valence-corrected chi connectivity index (χ3v) is 5.35. The predicted molar refractivity (Wildman–Crippen MR) is 98.4 cm³/mol. The second kappa shape index (κ2) is 8.83. The number of carbonyl (C=O) groups is 3. The van der Waals surface area contributed by atoms with E-state index in [-0.39, 0.29) is 24.8 Å². The van der Waals surface area contributed by atoms with E-state index < -0.39 is 11.5 Å². The fourth-order valence-electron chi connectivity index (χ4n) is 3.62. The largest absolute Gasteiger partial charge is 0.479 e. The molecule has 0 heterocycles. The Balaban J connectivity index is 2.00. The molecule has 1 aromatic carbocycles. The lowest BCUT2D eigenvalue weighted by Crippen LogP contribution is -2.56. The summed E-state index contributed by atoms with van der Waals surface area (Å²) < 4.78 is 0. The molecule has 0 atom stereocenters. The van der Waals surface area contributed by atoms with Gasteiger partial charge in [0.15, 0.2) is 0 Å². The lowest BCUT2D eigenvalue weighted by atomic mass is 9.80. The molecule has 1 aromatic rings. The Bertz CT molecular complexity index is 638. The van der Waals surface area contributed by atoms with E-state index >= 15 is 0 Å². The van der Waals surface area contributed by atoms with Crippen LogP contribution in [-0.4, -0.2) is 51.8 Å². The maximum absolute atomic E-state index is 12.7. The first-order chi connectivity index (χ1) is 12.4. The number of hydrogen-bond acceptors (Lipinski definition) is 3. The highest BCUT2D eigenvalue weighted by Crippen LogP contribution is 2.33. The third kappa shape index (κ3) is 4.62. The van der Waals surface area contributed by atoms with Crippen LogP contribution in [0.1, 0.15) is 51.0 Å². The van der Waals surface area contributed by atoms with Gasteiger partial charge in [0, 0.05) is 33.5 Å². The van der Waals surface area contributed by atoms with Crippen molar-refractivity contribution in [2.24, 2.45) is 0 Å². The molecule has 0 radical (unpaired) electrons. The zero-order valence-corrected chi connectivity index (χ0v) is 15.6. The van der Waals surface area contributed by atoms with E-state index in [1.807, 2.05) is 30.3 Å². The number of amides is 2. The second-order valence-electron chi connectivity index (χ2n) is 7.03. The van der Waals surface area contributed by atoms with Gasteiger partial charge in [0.05, 0.1) is 0 Å². The van der Waals surface area contributed by atoms with Crippen molar-refractivity contribution >= 4 is 17.8 Å². The molecule has 1 aliphatic rings. The van der Waals surface area contributed by atoms with Crippen LogP contribution < -0.4 is 0 Å². The first-order valence-corrected chi connectivity index (χ1v) is 9.16. The number of likely N-dealkylation sites (N-methyl/N-ethyl adjacent to an activating group) is 1. The summed E-state index contributed by atoms with van der Waals surface area (Å²) in [6.07, 6.45) is 3.75. The van der Waals surface area contributed by atoms with Crippen molar-refractivity contribution in [3.8, 4) is 0 Å². The number of carboxylic acid groups (broad SMARTS) is 1. The normalized spacial score (nSPS) is 15.9. The summed E-state index contributed by atoms with van der Waals surface area (Å²) in [7, 11) is 1.58. The molecule has 0 aromatic heterocycles. The molecular weight excluding hydrogens is 332 g/mol. The van der Waals surface area contributed by atoms with Crippen LogP contribution in [0.3, 0.4) is 0 Å². The maximum Gasteiger partial charge on any atom is 0.329 e. The molecule has 6 nitrogen and oxygen atoms in total. The van der Waals surface area contributed by atoms with Crippen molar-refractivity contribution in [1.29, 1.82) is 0 Å². The first kappa shape index (κ1) is 19.9. The van der Waals surface area contributed by atoms with Gasteiger partial charge in [-0.15, -0.1) is 0 Å². The summed E-state index contributed by atoms with van der Waals surface area (Å²) in [6.45, 7) is 2.21. The fraction of sp³-hybridized carbons (Fsp3) is 0.550. The molecule has 2 rings (SSSR count). The molecule has 0 spiro atoms. The van der Waals surface area contributed by atoms with Gasteiger partial charge in [0.25, 0.3) is 0 Å². The zero-order chi connectivity index (χ0) is 19.2. The van der Waals surface area contributed by atoms with Gasteiger partial charge in [-0.3, -0.25) is 9.59 Å². The smallest absolute Gasteiger partial charge is 0.329 e. The fourth-order valence-corrected chi connectivity index (χ4v) is 3.62. The van der Waals surface area contributed by atoms with Crippen LogP contribution in [0, 0.1) is 0 Å². The van der Waals surface area contributed by atoms with Crippen molar-refractivity contribution < 1.29 is 19.5 Å². The number of carbonyl (C=O) groups excluding carboxylic acids is 2. The highest BCUT2D eigenvalue weighted by molar-refractivity contribution is 5.87. The van der Waals surface area contributed by atoms with Crippen LogP contribution >= 0.6 is 0 Å². The molecule has 1 fully saturated rings. The molecule has 0 aliphatic heterocycles. The number of aliphatic carboxylic acids is 1. The van der Waals surface area contributed by atoms with Crippen LogP contribution in [0.25, 0.3) is 0 Å². The van der Waals surface area contributed by atoms with E-state index in [1.54, 1.807) is 11.9 Å². The van der Waals surface area contributed by atoms with Crippen molar-refractivity contribution in [1.82, 2.24) is 9.80 Å². The molecule has 26 heavy (non-hydrogen) atoms. The standard InChI is InChI=1S/C20H28N2O4/c1-16(23)22(15-17-9-5-3-6-10-17)14-11-18(24)21(2)20(19(25)26)12-7-4-8-13-20/h3,5-6,9-10H,4,7-8,11-15H2,1-2H3,(H,25,26). The van der Waals surface area contributed by atoms with Gasteiger partial charge in [-0.05, 0) is 18.4 Å². The Hall–Kier alpha value is -2.37. The van der Waals surface area contributed by atoms with Gasteiger partial charge in [-0.1, -0.05) is 49.6 Å². The van der Waals surface area contributed by atoms with Crippen LogP contribution in [0.2, 0.25) is 0 Å². The number of nitrogens with zero attached hydrogens (tertiary/aromatic N) is 2. The monoisotopic (exact) mass is 360 g/mol. The van der Waals surface area contributed by atoms with Crippen molar-refractivity contribution in [2.45, 2.75) is 57.5 Å². The summed E-state index contributed by atoms with van der Waals surface area (Å²) in [5.74, 6) is -1.26. The lowest BCUT2D eigenvalue weighted by Gasteiger charge is -2.41. The highest BCUT2D eigenvalue weighted by Gasteiger charge is 2.45. The quantitative estimate of drug-likeness (QED) is 0.811. The molecule has 1 N–H and O–H groups in total. The molecule has 6 heteroatoms. The van der Waals surface area contributed by atoms with E-state index in [2.05, 4.69) is 0 Å². The number of rotatable bonds is 7. The van der Waals surface area contributed by atoms with Gasteiger partial charge in [0.2, 0.25) is 11.8 Å². The number of benzene rings is 1. The van der Waals surface area contributed by atoms with E-state index in [1.165, 1.54) is 11.8 Å². The minimum absolute atomic E-state index is 0.102. The van der Waals surface area contributed by atoms with Crippen LogP contribution in [0.4, 0.5) is 0 Å². The van der Waals surface area contributed by atoms with Crippen LogP contribution in [0.5, 0.6) is 0 Å². The van der Waals surface area contributed by atoms with Crippen molar-refractivity contribution in [3.05, 3.63) is 35.9 Å². The molecule has 0 bridgehead atoms. The van der Waals surface area contributed by atoms with Crippen LogP contribution in [0.15, 0.2) is 30.3 Å². The Labute approximate surface area is 154 Å². The van der Waals surface area contributed by atoms with Crippen molar-refractivity contribution in [3.63, 3.8) is 0 Å². The first-order valence-electron chi connectivity index (χ1n) is 9.16. The Morgan fingerprint density at radius 3 is 2.23 bits per heavy atom. The summed E-state index contributed by atoms with van der Waals surface area (Å²) in [5, 5.41) is 9.71. The van der Waals surface area contributed by atoms with E-state index in [9.17, 15) is 19.5 Å². The van der Waals surface area contributed by atoms with E-state index in [4.69, 9.17) is 0 Å². The molecule has 142 valence electrons. The van der Waals surface area contributed by atoms with Gasteiger partial charge >= 0.3 is 5.97 Å². The summed E-state index contributed by atoms with van der Waals surface area (Å²) in [6, 6.07) is 9.60. The molecular formula is C20H28N2O4. The van der Waals surface area contributed by atoms with Gasteiger partial charge < -0.3 is 14.9 Å². The lowest BCUT2D eigenvalue weighted by molar-refractivity contribution is -0.160. The number of carboxylic acids is 1. The second-order valence-corrected chi connectivity index (χ2v) is 7.03. The SMILES string of the molecule is CC(=O)N(CCC(=O)N(C)C1(C(=O)O)CCCCC1)Cc1ccccc1. The maximum atomic E-state index is 12.7. The van der Waals surface area contributed by atoms with Crippen LogP contribution in [-0.2, 0) is 20.9 Å². The van der Waals surface area contributed by atoms with E-state index in [0.717, 1.165) is 24.8 Å². The number of hydrogen-bond donors (Lipinski definition) is 1. The average Bonchev–Trinajstić information content (AvgIpc) is 2.65. The van der Waals surface area contributed by atoms with Gasteiger partial charge in [-0.2, -0.15) is 0 Å². The van der Waals surface area contributed by atoms with E-state index in [0.29, 0.717) is 19.4 Å². The Kier molecular flexibility index (Phi) is 6.77. The molecule has 0 saturated heterocycles. The minimum Gasteiger partial charge on any atom is -0.479 e. The summed E-state index contributed by atoms with van der Waals surface area (Å²) in [4.78, 5) is 39.4. The minimum atomic E-state index is -1.10. The summed E-state index contributed by atoms with van der Waals surface area (Å²) in [5.41, 5.74) is -0.103. The summed E-state index contributed by atoms with van der Waals surface area (Å²) >= 11 is 0. The molecule has 2 amide bonds. The Morgan fingerprint density at radius 1 is 1.08 bits per heavy atom. The van der Waals surface area contributed by atoms with Gasteiger partial charge in [-0.25, -0.2) is 4.79 Å². The zero-order valence-electron chi connectivity index (χ0n) is 15.6. The topological polar surface area (TPSA) is 77.9 Å². The van der Waals surface area contributed by atoms with Gasteiger partial charge in [0.1, 0.15) is 5.54 Å². The third-order valence-electron chi connectivity index (χ3n) is 5.35. The molecule has 1 aliphatic carbocycles. The predicted octanol–water partition coefficient (Wildman–Crippen LogP) is 2.67. The Morgan fingerprint density at radius 2 is 1.69 bits per heavy atom. The molecule has 1 saturated carbocycles. The average molecular weight is 360 g/mol.